The molecule has 0 N–H and O–H groups in total. The summed E-state index contributed by atoms with van der Waals surface area (Å²) in [5, 5.41) is 12.5. The number of fused-ring (bicyclic) bond motifs is 1. The monoisotopic (exact) mass is 338 g/mol. The molecule has 0 saturated carbocycles. The second kappa shape index (κ2) is 6.81. The van der Waals surface area contributed by atoms with Gasteiger partial charge in [0.15, 0.2) is 11.5 Å². The molecule has 0 spiro atoms. The van der Waals surface area contributed by atoms with Gasteiger partial charge in [0.2, 0.25) is 0 Å². The molecule has 4 heterocycles. The van der Waals surface area contributed by atoms with Crippen molar-refractivity contribution in [3.63, 3.8) is 0 Å². The third-order valence-electron chi connectivity index (χ3n) is 4.05. The summed E-state index contributed by atoms with van der Waals surface area (Å²) < 4.78 is 11.0. The molecule has 0 amide bonds. The lowest BCUT2D eigenvalue weighted by Crippen LogP contribution is -2.11. The van der Waals surface area contributed by atoms with Crippen molar-refractivity contribution < 1.29 is 4.74 Å². The molecule has 4 aromatic heterocycles. The lowest BCUT2D eigenvalue weighted by Gasteiger charge is -2.10. The first-order chi connectivity index (χ1) is 12.4. The van der Waals surface area contributed by atoms with E-state index in [4.69, 9.17) is 4.74 Å². The van der Waals surface area contributed by atoms with Crippen LogP contribution in [0.2, 0.25) is 0 Å². The van der Waals surface area contributed by atoms with Gasteiger partial charge >= 0.3 is 0 Å². The Kier molecular flexibility index (Phi) is 4.21. The highest BCUT2D eigenvalue weighted by molar-refractivity contribution is 5.56. The predicted molar refractivity (Wildman–Crippen MR) is 89.8 cm³/mol. The van der Waals surface area contributed by atoms with Gasteiger partial charge in [0.05, 0.1) is 6.61 Å². The Morgan fingerprint density at radius 1 is 1.12 bits per heavy atom. The Hall–Kier alpha value is -3.07. The Labute approximate surface area is 143 Å². The molecule has 4 rings (SSSR count). The first-order valence-corrected chi connectivity index (χ1v) is 8.02. The van der Waals surface area contributed by atoms with Crippen molar-refractivity contribution in [1.29, 1.82) is 0 Å². The van der Waals surface area contributed by atoms with Crippen molar-refractivity contribution in [2.45, 2.75) is 19.5 Å². The summed E-state index contributed by atoms with van der Waals surface area (Å²) in [4.78, 5) is 8.73. The van der Waals surface area contributed by atoms with Crippen LogP contribution in [0.5, 0.6) is 0 Å². The normalized spacial score (nSPS) is 11.4. The van der Waals surface area contributed by atoms with Gasteiger partial charge in [-0.15, -0.1) is 10.2 Å². The highest BCUT2D eigenvalue weighted by Crippen LogP contribution is 2.18. The number of pyridine rings is 1. The maximum atomic E-state index is 5.12. The van der Waals surface area contributed by atoms with Crippen molar-refractivity contribution in [3.8, 4) is 11.5 Å². The van der Waals surface area contributed by atoms with Gasteiger partial charge in [0.25, 0.3) is 0 Å². The number of rotatable bonds is 7. The molecule has 0 aromatic carbocycles. The first-order valence-electron chi connectivity index (χ1n) is 8.02. The van der Waals surface area contributed by atoms with E-state index < -0.39 is 0 Å². The summed E-state index contributed by atoms with van der Waals surface area (Å²) in [5.74, 6) is 1.77. The predicted octanol–water partition coefficient (Wildman–Crippen LogP) is 1.07. The van der Waals surface area contributed by atoms with Gasteiger partial charge in [0, 0.05) is 39.0 Å². The third-order valence-corrected chi connectivity index (χ3v) is 4.05. The molecule has 4 aromatic rings. The zero-order valence-corrected chi connectivity index (χ0v) is 13.9. The van der Waals surface area contributed by atoms with Crippen LogP contribution in [0.15, 0.2) is 43.2 Å². The van der Waals surface area contributed by atoms with E-state index in [-0.39, 0.29) is 0 Å². The van der Waals surface area contributed by atoms with E-state index in [2.05, 4.69) is 29.8 Å². The number of hydrogen-bond donors (Lipinski definition) is 0. The maximum absolute atomic E-state index is 5.12. The molecule has 0 fully saturated rings. The number of hydrogen-bond acceptors (Lipinski definition) is 6. The van der Waals surface area contributed by atoms with E-state index in [9.17, 15) is 0 Å². The smallest absolute Gasteiger partial charge is 0.158 e. The first kappa shape index (κ1) is 15.5. The van der Waals surface area contributed by atoms with E-state index in [1.54, 1.807) is 30.5 Å². The van der Waals surface area contributed by atoms with E-state index in [0.29, 0.717) is 6.61 Å². The third kappa shape index (κ3) is 3.01. The van der Waals surface area contributed by atoms with Crippen LogP contribution in [0.25, 0.3) is 17.2 Å². The number of aromatic nitrogens is 8. The van der Waals surface area contributed by atoms with Crippen LogP contribution in [0.4, 0.5) is 0 Å². The fraction of sp³-hybridized carbons (Fsp3) is 0.312. The zero-order valence-electron chi connectivity index (χ0n) is 13.9. The zero-order chi connectivity index (χ0) is 17.1. The molecule has 25 heavy (non-hydrogen) atoms. The highest BCUT2D eigenvalue weighted by Gasteiger charge is 2.12. The minimum absolute atomic E-state index is 0.635. The lowest BCUT2D eigenvalue weighted by molar-refractivity contribution is 0.186. The number of methoxy groups -OCH3 is 1. The molecule has 0 aliphatic carbocycles. The standard InChI is InChI=1S/C16H18N8O/c1-25-10-9-23-12-19-21-15(23)5-7-22-8-6-17-16(22)13-3-2-4-14-18-11-20-24(13)14/h2-4,6,8,11-12H,5,7,9-10H2,1H3. The Balaban J connectivity index is 1.57. The van der Waals surface area contributed by atoms with Crippen molar-refractivity contribution in [3.05, 3.63) is 49.1 Å². The molecule has 9 heteroatoms. The molecular weight excluding hydrogens is 320 g/mol. The molecule has 0 bridgehead atoms. The fourth-order valence-electron chi connectivity index (χ4n) is 2.81. The SMILES string of the molecule is COCCn1cnnc1CCn1ccnc1-c1cccc2ncnn12. The summed E-state index contributed by atoms with van der Waals surface area (Å²) in [6, 6.07) is 5.86. The average Bonchev–Trinajstić information content (AvgIpc) is 3.37. The largest absolute Gasteiger partial charge is 0.383 e. The van der Waals surface area contributed by atoms with E-state index in [1.807, 2.05) is 29.0 Å². The van der Waals surface area contributed by atoms with Crippen LogP contribution >= 0.6 is 0 Å². The quantitative estimate of drug-likeness (QED) is 0.501. The fourth-order valence-corrected chi connectivity index (χ4v) is 2.81. The molecule has 0 atom stereocenters. The maximum Gasteiger partial charge on any atom is 0.158 e. The van der Waals surface area contributed by atoms with Gasteiger partial charge in [-0.05, 0) is 12.1 Å². The van der Waals surface area contributed by atoms with Gasteiger partial charge in [-0.2, -0.15) is 5.10 Å². The Morgan fingerprint density at radius 2 is 2.08 bits per heavy atom. The van der Waals surface area contributed by atoms with Crippen molar-refractivity contribution in [1.82, 2.24) is 38.9 Å². The van der Waals surface area contributed by atoms with Gasteiger partial charge < -0.3 is 13.9 Å². The summed E-state index contributed by atoms with van der Waals surface area (Å²) >= 11 is 0. The molecular formula is C16H18N8O. The number of imidazole rings is 1. The van der Waals surface area contributed by atoms with Gasteiger partial charge in [-0.25, -0.2) is 14.5 Å². The minimum atomic E-state index is 0.635. The molecule has 128 valence electrons. The number of ether oxygens (including phenoxy) is 1. The summed E-state index contributed by atoms with van der Waals surface area (Å²) in [6.45, 7) is 2.12. The summed E-state index contributed by atoms with van der Waals surface area (Å²) in [5.41, 5.74) is 1.70. The van der Waals surface area contributed by atoms with Gasteiger partial charge in [-0.1, -0.05) is 6.07 Å². The van der Waals surface area contributed by atoms with Gasteiger partial charge in [0.1, 0.15) is 24.2 Å². The van der Waals surface area contributed by atoms with Crippen LogP contribution in [-0.4, -0.2) is 52.6 Å². The summed E-state index contributed by atoms with van der Waals surface area (Å²) in [6.07, 6.45) is 7.78. The van der Waals surface area contributed by atoms with E-state index in [0.717, 1.165) is 42.5 Å². The van der Waals surface area contributed by atoms with Gasteiger partial charge in [-0.3, -0.25) is 0 Å². The summed E-state index contributed by atoms with van der Waals surface area (Å²) in [7, 11) is 1.69. The van der Waals surface area contributed by atoms with Crippen LogP contribution in [0.1, 0.15) is 5.82 Å². The second-order valence-corrected chi connectivity index (χ2v) is 5.57. The van der Waals surface area contributed by atoms with Crippen LogP contribution in [0.3, 0.4) is 0 Å². The average molecular weight is 338 g/mol. The molecule has 0 unspecified atom stereocenters. The van der Waals surface area contributed by atoms with Crippen LogP contribution < -0.4 is 0 Å². The number of aryl methyl sites for hydroxylation is 2. The lowest BCUT2D eigenvalue weighted by atomic mass is 10.3. The van der Waals surface area contributed by atoms with E-state index in [1.165, 1.54) is 0 Å². The van der Waals surface area contributed by atoms with Crippen molar-refractivity contribution in [2.24, 2.45) is 0 Å². The van der Waals surface area contributed by atoms with Crippen molar-refractivity contribution >= 4 is 5.65 Å². The number of nitrogens with zero attached hydrogens (tertiary/aromatic N) is 8. The van der Waals surface area contributed by atoms with Crippen LogP contribution in [0, 0.1) is 0 Å². The highest BCUT2D eigenvalue weighted by atomic mass is 16.5. The Bertz CT molecular complexity index is 969. The Morgan fingerprint density at radius 3 is 3.00 bits per heavy atom. The molecule has 9 nitrogen and oxygen atoms in total. The topological polar surface area (TPSA) is 88.0 Å². The molecule has 0 radical (unpaired) electrons. The second-order valence-electron chi connectivity index (χ2n) is 5.57. The van der Waals surface area contributed by atoms with Crippen LogP contribution in [-0.2, 0) is 24.2 Å². The molecule has 0 aliphatic rings. The minimum Gasteiger partial charge on any atom is -0.383 e. The van der Waals surface area contributed by atoms with E-state index >= 15 is 0 Å². The van der Waals surface area contributed by atoms with Crippen molar-refractivity contribution in [2.75, 3.05) is 13.7 Å². The molecule has 0 saturated heterocycles. The molecule has 0 aliphatic heterocycles.